The Morgan fingerprint density at radius 1 is 1.30 bits per heavy atom. The number of nitrogens with one attached hydrogen (secondary N) is 1. The highest BCUT2D eigenvalue weighted by Gasteiger charge is 2.02. The Bertz CT molecular complexity index is 561. The molecule has 0 unspecified atom stereocenters. The summed E-state index contributed by atoms with van der Waals surface area (Å²) >= 11 is 3.38. The molecule has 0 saturated carbocycles. The highest BCUT2D eigenvalue weighted by molar-refractivity contribution is 9.10. The molecule has 0 aliphatic rings. The van der Waals surface area contributed by atoms with E-state index in [1.807, 2.05) is 36.4 Å². The first-order chi connectivity index (χ1) is 9.74. The normalized spacial score (nSPS) is 10.1. The van der Waals surface area contributed by atoms with Crippen LogP contribution in [0.4, 0.5) is 0 Å². The van der Waals surface area contributed by atoms with Crippen LogP contribution in [0.15, 0.2) is 53.3 Å². The van der Waals surface area contributed by atoms with E-state index in [9.17, 15) is 4.79 Å². The third kappa shape index (κ3) is 5.01. The van der Waals surface area contributed by atoms with E-state index >= 15 is 0 Å². The van der Waals surface area contributed by atoms with Crippen LogP contribution in [0.2, 0.25) is 0 Å². The van der Waals surface area contributed by atoms with Crippen LogP contribution in [-0.2, 0) is 11.2 Å². The van der Waals surface area contributed by atoms with E-state index in [-0.39, 0.29) is 5.91 Å². The van der Waals surface area contributed by atoms with Crippen molar-refractivity contribution in [3.63, 3.8) is 0 Å². The smallest absolute Gasteiger partial charge is 0.224 e. The molecule has 0 fully saturated rings. The summed E-state index contributed by atoms with van der Waals surface area (Å²) in [5, 5.41) is 2.81. The van der Waals surface area contributed by atoms with Crippen LogP contribution in [-0.4, -0.2) is 24.0 Å². The molecule has 0 radical (unpaired) electrons. The monoisotopic (exact) mass is 334 g/mol. The van der Waals surface area contributed by atoms with Gasteiger partial charge in [0.15, 0.2) is 0 Å². The summed E-state index contributed by atoms with van der Waals surface area (Å²) in [7, 11) is 0. The van der Waals surface area contributed by atoms with Gasteiger partial charge in [0, 0.05) is 16.9 Å². The van der Waals surface area contributed by atoms with Gasteiger partial charge >= 0.3 is 0 Å². The maximum atomic E-state index is 11.7. The molecule has 1 aromatic heterocycles. The first-order valence-electron chi connectivity index (χ1n) is 6.28. The van der Waals surface area contributed by atoms with Crippen LogP contribution >= 0.6 is 15.9 Å². The van der Waals surface area contributed by atoms with Gasteiger partial charge in [-0.2, -0.15) is 0 Å². The van der Waals surface area contributed by atoms with Crippen molar-refractivity contribution >= 4 is 21.8 Å². The van der Waals surface area contributed by atoms with Crippen molar-refractivity contribution in [3.05, 3.63) is 58.8 Å². The molecule has 1 heterocycles. The lowest BCUT2D eigenvalue weighted by molar-refractivity contribution is -0.120. The summed E-state index contributed by atoms with van der Waals surface area (Å²) in [6.07, 6.45) is 3.72. The third-order valence-corrected chi connectivity index (χ3v) is 3.07. The lowest BCUT2D eigenvalue weighted by Gasteiger charge is -2.08. The van der Waals surface area contributed by atoms with Gasteiger partial charge in [0.25, 0.3) is 0 Å². The van der Waals surface area contributed by atoms with Gasteiger partial charge in [-0.3, -0.25) is 9.78 Å². The van der Waals surface area contributed by atoms with E-state index in [1.165, 1.54) is 0 Å². The third-order valence-electron chi connectivity index (χ3n) is 2.58. The summed E-state index contributed by atoms with van der Waals surface area (Å²) in [6.45, 7) is 0.918. The maximum Gasteiger partial charge on any atom is 0.224 e. The van der Waals surface area contributed by atoms with Crippen molar-refractivity contribution in [1.82, 2.24) is 10.3 Å². The number of benzene rings is 1. The quantitative estimate of drug-likeness (QED) is 0.826. The predicted molar refractivity (Wildman–Crippen MR) is 80.6 cm³/mol. The minimum Gasteiger partial charge on any atom is -0.492 e. The maximum absolute atomic E-state index is 11.7. The molecule has 4 nitrogen and oxygen atoms in total. The number of halogens is 1. The van der Waals surface area contributed by atoms with E-state index in [2.05, 4.69) is 26.2 Å². The minimum absolute atomic E-state index is 0.0316. The average molecular weight is 335 g/mol. The number of carbonyl (C=O) groups excluding carboxylic acids is 1. The van der Waals surface area contributed by atoms with Crippen molar-refractivity contribution in [2.24, 2.45) is 0 Å². The van der Waals surface area contributed by atoms with Gasteiger partial charge in [0.1, 0.15) is 12.4 Å². The number of hydrogen-bond acceptors (Lipinski definition) is 3. The van der Waals surface area contributed by atoms with Crippen LogP contribution in [0.3, 0.4) is 0 Å². The Balaban J connectivity index is 1.67. The fourth-order valence-corrected chi connectivity index (χ4v) is 2.04. The predicted octanol–water partition coefficient (Wildman–Crippen LogP) is 2.58. The standard InChI is InChI=1S/C15H15BrN2O2/c16-13-4-1-5-14(10-13)20-8-7-18-15(19)9-12-3-2-6-17-11-12/h1-6,10-11H,7-9H2,(H,18,19). The van der Waals surface area contributed by atoms with Crippen molar-refractivity contribution in [2.45, 2.75) is 6.42 Å². The Kier molecular flexibility index (Phi) is 5.55. The molecule has 5 heteroatoms. The van der Waals surface area contributed by atoms with Crippen molar-refractivity contribution < 1.29 is 9.53 Å². The summed E-state index contributed by atoms with van der Waals surface area (Å²) in [6, 6.07) is 11.3. The van der Waals surface area contributed by atoms with E-state index in [1.54, 1.807) is 12.4 Å². The molecule has 2 rings (SSSR count). The van der Waals surface area contributed by atoms with Gasteiger partial charge < -0.3 is 10.1 Å². The molecule has 0 atom stereocenters. The van der Waals surface area contributed by atoms with Crippen molar-refractivity contribution in [2.75, 3.05) is 13.2 Å². The molecular formula is C15H15BrN2O2. The lowest BCUT2D eigenvalue weighted by atomic mass is 10.2. The Morgan fingerprint density at radius 3 is 2.95 bits per heavy atom. The van der Waals surface area contributed by atoms with Crippen LogP contribution in [0.5, 0.6) is 5.75 Å². The zero-order valence-electron chi connectivity index (χ0n) is 10.9. The summed E-state index contributed by atoms with van der Waals surface area (Å²) in [5.41, 5.74) is 0.901. The number of pyridine rings is 1. The van der Waals surface area contributed by atoms with E-state index in [0.717, 1.165) is 15.8 Å². The van der Waals surface area contributed by atoms with Crippen molar-refractivity contribution in [3.8, 4) is 5.75 Å². The lowest BCUT2D eigenvalue weighted by Crippen LogP contribution is -2.29. The van der Waals surface area contributed by atoms with Gasteiger partial charge in [-0.15, -0.1) is 0 Å². The van der Waals surface area contributed by atoms with Gasteiger partial charge in [-0.25, -0.2) is 0 Å². The molecule has 1 aromatic carbocycles. The van der Waals surface area contributed by atoms with Gasteiger partial charge in [-0.05, 0) is 29.8 Å². The molecule has 0 aliphatic heterocycles. The molecule has 0 aliphatic carbocycles. The zero-order chi connectivity index (χ0) is 14.2. The number of carbonyl (C=O) groups is 1. The molecule has 20 heavy (non-hydrogen) atoms. The van der Waals surface area contributed by atoms with Crippen LogP contribution in [0, 0.1) is 0 Å². The van der Waals surface area contributed by atoms with Gasteiger partial charge in [0.05, 0.1) is 13.0 Å². The second-order valence-electron chi connectivity index (χ2n) is 4.19. The zero-order valence-corrected chi connectivity index (χ0v) is 12.5. The minimum atomic E-state index is -0.0316. The topological polar surface area (TPSA) is 51.2 Å². The second-order valence-corrected chi connectivity index (χ2v) is 5.11. The SMILES string of the molecule is O=C(Cc1cccnc1)NCCOc1cccc(Br)c1. The number of amides is 1. The number of ether oxygens (including phenoxy) is 1. The first-order valence-corrected chi connectivity index (χ1v) is 7.07. The van der Waals surface area contributed by atoms with Crippen LogP contribution < -0.4 is 10.1 Å². The number of aromatic nitrogens is 1. The second kappa shape index (κ2) is 7.65. The van der Waals surface area contributed by atoms with Crippen LogP contribution in [0.25, 0.3) is 0 Å². The Labute approximate surface area is 126 Å². The van der Waals surface area contributed by atoms with Crippen molar-refractivity contribution in [1.29, 1.82) is 0 Å². The number of nitrogens with zero attached hydrogens (tertiary/aromatic N) is 1. The number of hydrogen-bond donors (Lipinski definition) is 1. The summed E-state index contributed by atoms with van der Waals surface area (Å²) in [5.74, 6) is 0.747. The highest BCUT2D eigenvalue weighted by Crippen LogP contribution is 2.17. The molecule has 1 N–H and O–H groups in total. The molecule has 2 aromatic rings. The van der Waals surface area contributed by atoms with Gasteiger partial charge in [0.2, 0.25) is 5.91 Å². The largest absolute Gasteiger partial charge is 0.492 e. The number of rotatable bonds is 6. The van der Waals surface area contributed by atoms with E-state index in [0.29, 0.717) is 19.6 Å². The molecular weight excluding hydrogens is 320 g/mol. The van der Waals surface area contributed by atoms with E-state index in [4.69, 9.17) is 4.74 Å². The molecule has 0 saturated heterocycles. The van der Waals surface area contributed by atoms with Crippen LogP contribution in [0.1, 0.15) is 5.56 Å². The highest BCUT2D eigenvalue weighted by atomic mass is 79.9. The first kappa shape index (κ1) is 14.5. The summed E-state index contributed by atoms with van der Waals surface area (Å²) < 4.78 is 6.50. The fraction of sp³-hybridized carbons (Fsp3) is 0.200. The summed E-state index contributed by atoms with van der Waals surface area (Å²) in [4.78, 5) is 15.6. The Hall–Kier alpha value is -1.88. The molecule has 104 valence electrons. The molecule has 0 bridgehead atoms. The van der Waals surface area contributed by atoms with Gasteiger partial charge in [-0.1, -0.05) is 28.1 Å². The average Bonchev–Trinajstić information content (AvgIpc) is 2.45. The Morgan fingerprint density at radius 2 is 2.20 bits per heavy atom. The van der Waals surface area contributed by atoms with E-state index < -0.39 is 0 Å². The fourth-order valence-electron chi connectivity index (χ4n) is 1.67. The molecule has 1 amide bonds. The molecule has 0 spiro atoms.